The summed E-state index contributed by atoms with van der Waals surface area (Å²) in [5.74, 6) is -8.34. The van der Waals surface area contributed by atoms with Crippen LogP contribution >= 0.6 is 0 Å². The van der Waals surface area contributed by atoms with Gasteiger partial charge in [-0.25, -0.2) is 14.4 Å². The monoisotopic (exact) mass is 725 g/mol. The average Bonchev–Trinajstić information content (AvgIpc) is 3.40. The van der Waals surface area contributed by atoms with Crippen molar-refractivity contribution in [2.24, 2.45) is 0 Å². The Balaban J connectivity index is 0.000000518. The molecule has 18 nitrogen and oxygen atoms in total. The van der Waals surface area contributed by atoms with Crippen LogP contribution in [0.15, 0.2) is 34.6 Å². The van der Waals surface area contributed by atoms with Crippen LogP contribution in [0.5, 0.6) is 0 Å². The van der Waals surface area contributed by atoms with Gasteiger partial charge >= 0.3 is 17.9 Å². The van der Waals surface area contributed by atoms with Crippen LogP contribution in [-0.4, -0.2) is 136 Å². The molecule has 1 radical (unpaired) electrons. The molecular weight excluding hydrogens is 701 g/mol. The number of hydrogen-bond acceptors (Lipinski definition) is 18. The molecule has 0 aliphatic carbocycles. The summed E-state index contributed by atoms with van der Waals surface area (Å²) in [6, 6.07) is 0. The van der Waals surface area contributed by atoms with Gasteiger partial charge in [-0.2, -0.15) is 0 Å². The fourth-order valence-corrected chi connectivity index (χ4v) is 2.47. The molecule has 0 spiro atoms. The van der Waals surface area contributed by atoms with Gasteiger partial charge in [0.15, 0.2) is 35.6 Å². The summed E-state index contributed by atoms with van der Waals surface area (Å²) in [5, 5.41) is 105. The van der Waals surface area contributed by atoms with E-state index >= 15 is 0 Å². The quantitative estimate of drug-likeness (QED) is 0.0701. The number of aliphatic hydroxyl groups is 12. The van der Waals surface area contributed by atoms with Crippen LogP contribution < -0.4 is 0 Å². The minimum Gasteiger partial charge on any atom is -0.505 e. The van der Waals surface area contributed by atoms with Crippen LogP contribution in [0.1, 0.15) is 0 Å². The number of carbonyl (C=O) groups is 3. The summed E-state index contributed by atoms with van der Waals surface area (Å²) in [7, 11) is 0. The Kier molecular flexibility index (Phi) is 13.4. The first kappa shape index (κ1) is 33.9. The molecule has 6 atom stereocenters. The summed E-state index contributed by atoms with van der Waals surface area (Å²) in [6.45, 7) is -2.01. The summed E-state index contributed by atoms with van der Waals surface area (Å²) >= 11 is 0. The van der Waals surface area contributed by atoms with E-state index in [2.05, 4.69) is 14.2 Å². The second-order valence-corrected chi connectivity index (χ2v) is 6.93. The van der Waals surface area contributed by atoms with Crippen LogP contribution in [-0.2, 0) is 51.0 Å². The Morgan fingerprint density at radius 2 is 0.703 bits per heavy atom. The van der Waals surface area contributed by atoms with Crippen molar-refractivity contribution in [2.45, 2.75) is 36.6 Å². The van der Waals surface area contributed by atoms with Gasteiger partial charge in [-0.1, -0.05) is 0 Å². The molecule has 37 heavy (non-hydrogen) atoms. The van der Waals surface area contributed by atoms with Crippen LogP contribution in [0.4, 0.5) is 0 Å². The number of esters is 3. The Morgan fingerprint density at radius 1 is 0.514 bits per heavy atom. The number of hydrogen-bond donors (Lipinski definition) is 12. The van der Waals surface area contributed by atoms with E-state index < -0.39 is 109 Å². The molecule has 215 valence electrons. The van der Waals surface area contributed by atoms with E-state index in [9.17, 15) is 14.4 Å². The molecule has 0 aromatic heterocycles. The van der Waals surface area contributed by atoms with Crippen LogP contribution in [0, 0.1) is 0 Å². The first-order chi connectivity index (χ1) is 16.7. The minimum absolute atomic E-state index is 0. The molecular formula is C18H24AuO18. The first-order valence-corrected chi connectivity index (χ1v) is 9.59. The first-order valence-electron chi connectivity index (χ1n) is 9.59. The zero-order valence-electron chi connectivity index (χ0n) is 18.2. The zero-order valence-corrected chi connectivity index (χ0v) is 20.4. The summed E-state index contributed by atoms with van der Waals surface area (Å²) in [5.41, 5.74) is 0. The van der Waals surface area contributed by atoms with Gasteiger partial charge < -0.3 is 75.5 Å². The third-order valence-corrected chi connectivity index (χ3v) is 4.43. The van der Waals surface area contributed by atoms with Gasteiger partial charge in [-0.3, -0.25) is 0 Å². The number of carbonyl (C=O) groups excluding carboxylic acids is 3. The van der Waals surface area contributed by atoms with Gasteiger partial charge in [0.05, 0.1) is 19.8 Å². The maximum absolute atomic E-state index is 10.5. The third-order valence-electron chi connectivity index (χ3n) is 4.43. The van der Waals surface area contributed by atoms with Crippen molar-refractivity contribution in [2.75, 3.05) is 19.8 Å². The molecule has 19 heteroatoms. The molecule has 0 aromatic rings. The van der Waals surface area contributed by atoms with E-state index in [-0.39, 0.29) is 22.4 Å². The van der Waals surface area contributed by atoms with Crippen LogP contribution in [0.3, 0.4) is 0 Å². The van der Waals surface area contributed by atoms with Gasteiger partial charge in [-0.05, 0) is 0 Å². The van der Waals surface area contributed by atoms with E-state index in [4.69, 9.17) is 61.3 Å². The van der Waals surface area contributed by atoms with Crippen molar-refractivity contribution < 1.29 is 112 Å². The van der Waals surface area contributed by atoms with E-state index in [0.717, 1.165) is 0 Å². The number of cyclic esters (lactones) is 3. The second-order valence-electron chi connectivity index (χ2n) is 6.93. The standard InChI is InChI=1S/3C6H8O6.Au/c3*7-1-2(8)5-3(9)4(10)6(11)12-5;/h3*2,5,7-10H,1H2;/t3*2-,5+;/m000./s1. The van der Waals surface area contributed by atoms with E-state index in [1.165, 1.54) is 0 Å². The predicted molar refractivity (Wildman–Crippen MR) is 106 cm³/mol. The molecule has 0 amide bonds. The Labute approximate surface area is 221 Å². The van der Waals surface area contributed by atoms with Gasteiger partial charge in [0.25, 0.3) is 0 Å². The molecule has 0 aromatic carbocycles. The van der Waals surface area contributed by atoms with Crippen LogP contribution in [0.25, 0.3) is 0 Å². The van der Waals surface area contributed by atoms with Gasteiger partial charge in [0.2, 0.25) is 17.3 Å². The molecule has 0 bridgehead atoms. The fourth-order valence-electron chi connectivity index (χ4n) is 2.47. The summed E-state index contributed by atoms with van der Waals surface area (Å²) < 4.78 is 12.9. The van der Waals surface area contributed by atoms with Gasteiger partial charge in [0, 0.05) is 22.4 Å². The molecule has 0 unspecified atom stereocenters. The van der Waals surface area contributed by atoms with Crippen LogP contribution in [0.2, 0.25) is 0 Å². The molecule has 12 N–H and O–H groups in total. The van der Waals surface area contributed by atoms with Gasteiger partial charge in [0.1, 0.15) is 18.3 Å². The van der Waals surface area contributed by atoms with Crippen molar-refractivity contribution in [1.82, 2.24) is 0 Å². The molecule has 0 saturated heterocycles. The Morgan fingerprint density at radius 3 is 0.811 bits per heavy atom. The third kappa shape index (κ3) is 7.96. The number of ether oxygens (including phenoxy) is 3. The van der Waals surface area contributed by atoms with E-state index in [1.807, 2.05) is 0 Å². The van der Waals surface area contributed by atoms with Gasteiger partial charge in [-0.15, -0.1) is 0 Å². The SMILES string of the molecule is O=C1O[C@H]([C@@H](O)CO)C(O)=C1O.O=C1O[C@H]([C@@H](O)CO)C(O)=C1O.O=C1O[C@H]([C@@H](O)CO)C(O)=C1O.[Au]. The molecule has 3 aliphatic rings. The summed E-state index contributed by atoms with van der Waals surface area (Å²) in [6.07, 6.45) is -8.33. The normalized spacial score (nSPS) is 25.1. The van der Waals surface area contributed by atoms with E-state index in [1.54, 1.807) is 0 Å². The predicted octanol–water partition coefficient (Wildman–Crippen LogP) is -4.22. The number of aliphatic hydroxyl groups excluding tert-OH is 12. The molecule has 0 saturated carbocycles. The van der Waals surface area contributed by atoms with Crippen molar-refractivity contribution >= 4 is 17.9 Å². The van der Waals surface area contributed by atoms with E-state index in [0.29, 0.717) is 0 Å². The summed E-state index contributed by atoms with van der Waals surface area (Å²) in [4.78, 5) is 31.6. The maximum Gasteiger partial charge on any atom is 0.377 e. The minimum atomic E-state index is -1.42. The van der Waals surface area contributed by atoms with Crippen molar-refractivity contribution in [3.05, 3.63) is 34.6 Å². The Bertz CT molecular complexity index is 822. The fraction of sp³-hybridized carbons (Fsp3) is 0.500. The molecule has 3 heterocycles. The second kappa shape index (κ2) is 14.6. The zero-order chi connectivity index (χ0) is 27.9. The largest absolute Gasteiger partial charge is 0.505 e. The number of rotatable bonds is 6. The topological polar surface area (TPSA) is 322 Å². The van der Waals surface area contributed by atoms with Crippen molar-refractivity contribution in [3.8, 4) is 0 Å². The van der Waals surface area contributed by atoms with Crippen molar-refractivity contribution in [3.63, 3.8) is 0 Å². The smallest absolute Gasteiger partial charge is 0.377 e. The molecule has 3 aliphatic heterocycles. The maximum atomic E-state index is 10.5. The molecule has 3 rings (SSSR count). The average molecular weight is 725 g/mol. The Hall–Kier alpha value is -3.07. The molecule has 0 fully saturated rings. The van der Waals surface area contributed by atoms with Crippen molar-refractivity contribution in [1.29, 1.82) is 0 Å².